The molecule has 0 unspecified atom stereocenters. The molecule has 0 aromatic carbocycles. The lowest BCUT2D eigenvalue weighted by Gasteiger charge is -2.27. The second-order valence-corrected chi connectivity index (χ2v) is 5.26. The van der Waals surface area contributed by atoms with Gasteiger partial charge in [0.2, 0.25) is 5.91 Å². The van der Waals surface area contributed by atoms with E-state index in [9.17, 15) is 4.79 Å². The lowest BCUT2D eigenvalue weighted by atomic mass is 10.1. The molecule has 0 atom stereocenters. The highest BCUT2D eigenvalue weighted by molar-refractivity contribution is 5.75. The van der Waals surface area contributed by atoms with Gasteiger partial charge in [-0.2, -0.15) is 0 Å². The normalized spacial score (nSPS) is 17.2. The Labute approximate surface area is 113 Å². The van der Waals surface area contributed by atoms with Crippen molar-refractivity contribution in [1.82, 2.24) is 19.9 Å². The second kappa shape index (κ2) is 6.65. The fourth-order valence-electron chi connectivity index (χ4n) is 2.61. The molecular weight excluding hydrogens is 242 g/mol. The monoisotopic (exact) mass is 265 g/mol. The predicted molar refractivity (Wildman–Crippen MR) is 72.2 cm³/mol. The molecule has 0 spiro atoms. The molecule has 0 radical (unpaired) electrons. The van der Waals surface area contributed by atoms with Crippen molar-refractivity contribution in [3.05, 3.63) is 11.9 Å². The van der Waals surface area contributed by atoms with E-state index in [4.69, 9.17) is 5.73 Å². The molecule has 6 nitrogen and oxygen atoms in total. The van der Waals surface area contributed by atoms with Crippen LogP contribution in [0.5, 0.6) is 0 Å². The van der Waals surface area contributed by atoms with Crippen LogP contribution in [0.4, 0.5) is 0 Å². The predicted octanol–water partition coefficient (Wildman–Crippen LogP) is 0.918. The largest absolute Gasteiger partial charge is 0.341 e. The van der Waals surface area contributed by atoms with Crippen LogP contribution in [0, 0.1) is 0 Å². The minimum Gasteiger partial charge on any atom is -0.341 e. The maximum absolute atomic E-state index is 12.2. The van der Waals surface area contributed by atoms with Gasteiger partial charge < -0.3 is 10.6 Å². The van der Waals surface area contributed by atoms with E-state index in [-0.39, 0.29) is 12.5 Å². The molecule has 1 aromatic rings. The molecule has 2 rings (SSSR count). The van der Waals surface area contributed by atoms with Crippen molar-refractivity contribution in [1.29, 1.82) is 0 Å². The first-order valence-corrected chi connectivity index (χ1v) is 7.05. The van der Waals surface area contributed by atoms with Crippen LogP contribution in [0.1, 0.15) is 44.2 Å². The van der Waals surface area contributed by atoms with E-state index < -0.39 is 0 Å². The van der Waals surface area contributed by atoms with Gasteiger partial charge in [-0.25, -0.2) is 4.68 Å². The van der Waals surface area contributed by atoms with Crippen LogP contribution in [0.2, 0.25) is 0 Å². The molecule has 0 aliphatic heterocycles. The second-order valence-electron chi connectivity index (χ2n) is 5.26. The molecule has 0 bridgehead atoms. The number of carbonyl (C=O) groups excluding carboxylic acids is 1. The number of amides is 1. The van der Waals surface area contributed by atoms with Gasteiger partial charge >= 0.3 is 0 Å². The molecule has 1 heterocycles. The minimum atomic E-state index is 0.0976. The van der Waals surface area contributed by atoms with Gasteiger partial charge in [-0.15, -0.1) is 5.10 Å². The van der Waals surface area contributed by atoms with Crippen LogP contribution in [0.15, 0.2) is 6.20 Å². The summed E-state index contributed by atoms with van der Waals surface area (Å²) in [6, 6.07) is 0.382. The molecule has 2 N–H and O–H groups in total. The SMILES string of the molecule is CN(C(=O)Cn1cc(CN)nn1)C1CCCCCC1. The maximum atomic E-state index is 12.2. The number of rotatable bonds is 4. The smallest absolute Gasteiger partial charge is 0.244 e. The van der Waals surface area contributed by atoms with Crippen molar-refractivity contribution in [3.8, 4) is 0 Å². The Hall–Kier alpha value is -1.43. The van der Waals surface area contributed by atoms with Crippen LogP contribution >= 0.6 is 0 Å². The Morgan fingerprint density at radius 1 is 1.42 bits per heavy atom. The molecule has 1 aliphatic rings. The number of carbonyl (C=O) groups is 1. The molecule has 6 heteroatoms. The van der Waals surface area contributed by atoms with Crippen molar-refractivity contribution in [2.75, 3.05) is 7.05 Å². The van der Waals surface area contributed by atoms with Crippen molar-refractivity contribution >= 4 is 5.91 Å². The van der Waals surface area contributed by atoms with Crippen molar-refractivity contribution in [2.45, 2.75) is 57.7 Å². The zero-order valence-electron chi connectivity index (χ0n) is 11.6. The number of hydrogen-bond donors (Lipinski definition) is 1. The average Bonchev–Trinajstić information content (AvgIpc) is 2.70. The Bertz CT molecular complexity index is 409. The Kier molecular flexibility index (Phi) is 4.90. The number of likely N-dealkylation sites (N-methyl/N-ethyl adjacent to an activating group) is 1. The standard InChI is InChI=1S/C13H23N5O/c1-17(12-6-4-2-3-5-7-12)13(19)10-18-9-11(8-14)15-16-18/h9,12H,2-8,10,14H2,1H3. The summed E-state index contributed by atoms with van der Waals surface area (Å²) in [5, 5.41) is 7.80. The van der Waals surface area contributed by atoms with E-state index in [1.165, 1.54) is 25.7 Å². The fraction of sp³-hybridized carbons (Fsp3) is 0.769. The summed E-state index contributed by atoms with van der Waals surface area (Å²) in [5.41, 5.74) is 6.19. The molecule has 1 fully saturated rings. The average molecular weight is 265 g/mol. The van der Waals surface area contributed by atoms with Gasteiger partial charge in [-0.1, -0.05) is 30.9 Å². The Morgan fingerprint density at radius 3 is 2.68 bits per heavy atom. The molecule has 1 aliphatic carbocycles. The van der Waals surface area contributed by atoms with Crippen LogP contribution in [-0.4, -0.2) is 38.9 Å². The van der Waals surface area contributed by atoms with Crippen molar-refractivity contribution in [2.24, 2.45) is 5.73 Å². The van der Waals surface area contributed by atoms with Crippen molar-refractivity contribution < 1.29 is 4.79 Å². The molecule has 1 aromatic heterocycles. The third-order valence-electron chi connectivity index (χ3n) is 3.86. The third-order valence-corrected chi connectivity index (χ3v) is 3.86. The highest BCUT2D eigenvalue weighted by atomic mass is 16.2. The Balaban J connectivity index is 1.90. The molecule has 106 valence electrons. The lowest BCUT2D eigenvalue weighted by Crippen LogP contribution is -2.38. The van der Waals surface area contributed by atoms with Gasteiger partial charge in [0.15, 0.2) is 0 Å². The number of nitrogens with two attached hydrogens (primary N) is 1. The van der Waals surface area contributed by atoms with E-state index in [2.05, 4.69) is 10.3 Å². The minimum absolute atomic E-state index is 0.0976. The first-order chi connectivity index (χ1) is 9.20. The summed E-state index contributed by atoms with van der Waals surface area (Å²) < 4.78 is 1.57. The van der Waals surface area contributed by atoms with E-state index >= 15 is 0 Å². The fourth-order valence-corrected chi connectivity index (χ4v) is 2.61. The highest BCUT2D eigenvalue weighted by Gasteiger charge is 2.21. The van der Waals surface area contributed by atoms with E-state index in [0.29, 0.717) is 18.3 Å². The van der Waals surface area contributed by atoms with E-state index in [1.54, 1.807) is 10.9 Å². The van der Waals surface area contributed by atoms with E-state index in [0.717, 1.165) is 12.8 Å². The number of aromatic nitrogens is 3. The highest BCUT2D eigenvalue weighted by Crippen LogP contribution is 2.21. The summed E-state index contributed by atoms with van der Waals surface area (Å²) in [6.45, 7) is 0.604. The van der Waals surface area contributed by atoms with Gasteiger partial charge in [0, 0.05) is 19.6 Å². The first kappa shape index (κ1) is 14.0. The summed E-state index contributed by atoms with van der Waals surface area (Å²) in [7, 11) is 1.90. The van der Waals surface area contributed by atoms with Gasteiger partial charge in [-0.3, -0.25) is 4.79 Å². The number of hydrogen-bond acceptors (Lipinski definition) is 4. The van der Waals surface area contributed by atoms with Gasteiger partial charge in [0.25, 0.3) is 0 Å². The summed E-state index contributed by atoms with van der Waals surface area (Å²) in [4.78, 5) is 14.1. The van der Waals surface area contributed by atoms with Crippen LogP contribution in [-0.2, 0) is 17.9 Å². The van der Waals surface area contributed by atoms with Gasteiger partial charge in [0.1, 0.15) is 6.54 Å². The molecule has 0 saturated heterocycles. The summed E-state index contributed by atoms with van der Waals surface area (Å²) >= 11 is 0. The quantitative estimate of drug-likeness (QED) is 0.821. The molecule has 1 saturated carbocycles. The van der Waals surface area contributed by atoms with Crippen molar-refractivity contribution in [3.63, 3.8) is 0 Å². The Morgan fingerprint density at radius 2 is 2.11 bits per heavy atom. The zero-order valence-corrected chi connectivity index (χ0v) is 11.6. The van der Waals surface area contributed by atoms with Gasteiger partial charge in [0.05, 0.1) is 11.9 Å². The first-order valence-electron chi connectivity index (χ1n) is 7.05. The lowest BCUT2D eigenvalue weighted by molar-refractivity contribution is -0.133. The van der Waals surface area contributed by atoms with Crippen LogP contribution in [0.3, 0.4) is 0 Å². The van der Waals surface area contributed by atoms with E-state index in [1.807, 2.05) is 11.9 Å². The molecular formula is C13H23N5O. The third kappa shape index (κ3) is 3.76. The molecule has 1 amide bonds. The molecule has 19 heavy (non-hydrogen) atoms. The van der Waals surface area contributed by atoms with Crippen LogP contribution < -0.4 is 5.73 Å². The van der Waals surface area contributed by atoms with Gasteiger partial charge in [-0.05, 0) is 12.8 Å². The van der Waals surface area contributed by atoms with Crippen LogP contribution in [0.25, 0.3) is 0 Å². The zero-order chi connectivity index (χ0) is 13.7. The maximum Gasteiger partial charge on any atom is 0.244 e. The topological polar surface area (TPSA) is 77.0 Å². The summed E-state index contributed by atoms with van der Waals surface area (Å²) in [5.74, 6) is 0.0976. The number of nitrogens with zero attached hydrogens (tertiary/aromatic N) is 4. The summed E-state index contributed by atoms with van der Waals surface area (Å²) in [6.07, 6.45) is 9.01.